The molecule has 12 heteroatoms. The van der Waals surface area contributed by atoms with Crippen molar-refractivity contribution in [2.45, 2.75) is 32.7 Å². The summed E-state index contributed by atoms with van der Waals surface area (Å²) >= 11 is 1.63. The molecule has 0 spiro atoms. The number of fused-ring (bicyclic) bond motifs is 1. The van der Waals surface area contributed by atoms with Gasteiger partial charge in [0.05, 0.1) is 18.2 Å². The zero-order valence-electron chi connectivity index (χ0n) is 20.4. The fourth-order valence-corrected chi connectivity index (χ4v) is 4.21. The van der Waals surface area contributed by atoms with Crippen molar-refractivity contribution in [3.8, 4) is 11.5 Å². The van der Waals surface area contributed by atoms with Crippen molar-refractivity contribution in [1.82, 2.24) is 10.3 Å². The summed E-state index contributed by atoms with van der Waals surface area (Å²) in [7, 11) is 0. The van der Waals surface area contributed by atoms with Crippen LogP contribution in [0.1, 0.15) is 40.3 Å². The molecule has 4 rings (SSSR count). The standard InChI is InChI=1S/C26H26F2N4O5S.CH4/c1-38-11-9-18(15-33)32-25(35)21-12-16(8-10-29-21)14-30-20-5-3-2-4-19(20)24(34)31-17-6-7-22-23(13-17)37-26(27,28)36-22;/h2-8,10,12-13,18,30,33H,9,11,14-15H2,1H3,(H,31,34)(H,32,35);1H4/t18-;/m0./s1. The summed E-state index contributed by atoms with van der Waals surface area (Å²) in [5, 5.41) is 18.2. The number of thioether (sulfide) groups is 1. The first-order valence-electron chi connectivity index (χ1n) is 11.7. The van der Waals surface area contributed by atoms with E-state index >= 15 is 0 Å². The Morgan fingerprint density at radius 3 is 2.62 bits per heavy atom. The van der Waals surface area contributed by atoms with Crippen LogP contribution in [0.5, 0.6) is 11.5 Å². The van der Waals surface area contributed by atoms with Gasteiger partial charge in [-0.3, -0.25) is 14.6 Å². The van der Waals surface area contributed by atoms with E-state index in [1.807, 2.05) is 6.26 Å². The number of carbonyl (C=O) groups is 2. The number of aliphatic hydroxyl groups is 1. The Balaban J connectivity index is 0.00000420. The van der Waals surface area contributed by atoms with Gasteiger partial charge in [-0.2, -0.15) is 11.8 Å². The van der Waals surface area contributed by atoms with Gasteiger partial charge in [0.1, 0.15) is 5.69 Å². The number of aliphatic hydroxyl groups excluding tert-OH is 1. The molecule has 1 aromatic heterocycles. The van der Waals surface area contributed by atoms with Crippen LogP contribution >= 0.6 is 11.8 Å². The van der Waals surface area contributed by atoms with Gasteiger partial charge in [0, 0.05) is 30.2 Å². The van der Waals surface area contributed by atoms with Gasteiger partial charge in [-0.1, -0.05) is 19.6 Å². The number of rotatable bonds is 11. The van der Waals surface area contributed by atoms with Gasteiger partial charge in [-0.15, -0.1) is 8.78 Å². The molecule has 1 aliphatic heterocycles. The van der Waals surface area contributed by atoms with E-state index in [2.05, 4.69) is 30.4 Å². The fraction of sp³-hybridized carbons (Fsp3) is 0.296. The lowest BCUT2D eigenvalue weighted by Gasteiger charge is -2.16. The summed E-state index contributed by atoms with van der Waals surface area (Å²) in [6.07, 6.45) is 0.368. The average molecular weight is 561 g/mol. The molecule has 3 aromatic rings. The third-order valence-corrected chi connectivity index (χ3v) is 6.24. The molecule has 0 aliphatic carbocycles. The summed E-state index contributed by atoms with van der Waals surface area (Å²) in [6, 6.07) is 13.8. The SMILES string of the molecule is C.CSCC[C@@H](CO)NC(=O)c1cc(CNc2ccccc2C(=O)Nc2ccc3c(c2)OC(F)(F)O3)ccn1. The lowest BCUT2D eigenvalue weighted by molar-refractivity contribution is -0.286. The molecule has 0 fully saturated rings. The number of amides is 2. The first-order chi connectivity index (χ1) is 18.3. The second-order valence-electron chi connectivity index (χ2n) is 8.37. The van der Waals surface area contributed by atoms with Crippen molar-refractivity contribution in [1.29, 1.82) is 0 Å². The van der Waals surface area contributed by atoms with Crippen LogP contribution in [-0.2, 0) is 6.54 Å². The molecule has 0 radical (unpaired) electrons. The van der Waals surface area contributed by atoms with E-state index in [9.17, 15) is 23.5 Å². The Hall–Kier alpha value is -3.90. The summed E-state index contributed by atoms with van der Waals surface area (Å²) in [5.41, 5.74) is 2.07. The largest absolute Gasteiger partial charge is 0.586 e. The highest BCUT2D eigenvalue weighted by Gasteiger charge is 2.43. The molecule has 2 aromatic carbocycles. The van der Waals surface area contributed by atoms with Crippen LogP contribution in [0.15, 0.2) is 60.8 Å². The molecular weight excluding hydrogens is 530 g/mol. The van der Waals surface area contributed by atoms with Gasteiger partial charge < -0.3 is 30.5 Å². The second-order valence-corrected chi connectivity index (χ2v) is 9.35. The molecule has 0 bridgehead atoms. The Morgan fingerprint density at radius 1 is 1.08 bits per heavy atom. The Bertz CT molecular complexity index is 1310. The number of hydrogen-bond acceptors (Lipinski definition) is 8. The first-order valence-corrected chi connectivity index (χ1v) is 13.1. The lowest BCUT2D eigenvalue weighted by atomic mass is 10.1. The molecule has 2 heterocycles. The Kier molecular flexibility index (Phi) is 10.1. The maximum atomic E-state index is 13.3. The number of alkyl halides is 2. The first kappa shape index (κ1) is 29.7. The molecule has 0 unspecified atom stereocenters. The van der Waals surface area contributed by atoms with Crippen molar-refractivity contribution >= 4 is 35.0 Å². The average Bonchev–Trinajstić information content (AvgIpc) is 3.23. The minimum atomic E-state index is -3.75. The third-order valence-electron chi connectivity index (χ3n) is 5.60. The molecule has 0 saturated carbocycles. The van der Waals surface area contributed by atoms with Crippen LogP contribution in [0.25, 0.3) is 0 Å². The smallest absolute Gasteiger partial charge is 0.395 e. The maximum absolute atomic E-state index is 13.3. The van der Waals surface area contributed by atoms with E-state index in [0.29, 0.717) is 24.2 Å². The Labute approximate surface area is 229 Å². The molecule has 1 aliphatic rings. The molecule has 1 atom stereocenters. The number of nitrogens with zero attached hydrogens (tertiary/aromatic N) is 1. The highest BCUT2D eigenvalue weighted by molar-refractivity contribution is 7.98. The number of benzene rings is 2. The van der Waals surface area contributed by atoms with E-state index in [1.165, 1.54) is 24.4 Å². The topological polar surface area (TPSA) is 122 Å². The maximum Gasteiger partial charge on any atom is 0.586 e. The van der Waals surface area contributed by atoms with Crippen molar-refractivity contribution < 1.29 is 33.0 Å². The van der Waals surface area contributed by atoms with Gasteiger partial charge in [0.25, 0.3) is 11.8 Å². The zero-order valence-corrected chi connectivity index (χ0v) is 21.2. The van der Waals surface area contributed by atoms with E-state index in [1.54, 1.807) is 48.2 Å². The van der Waals surface area contributed by atoms with Crippen LogP contribution in [0.4, 0.5) is 20.2 Å². The van der Waals surface area contributed by atoms with E-state index in [4.69, 9.17) is 0 Å². The molecule has 0 saturated heterocycles. The highest BCUT2D eigenvalue weighted by Crippen LogP contribution is 2.42. The van der Waals surface area contributed by atoms with Crippen LogP contribution in [0.2, 0.25) is 0 Å². The van der Waals surface area contributed by atoms with Crippen molar-refractivity contribution in [3.63, 3.8) is 0 Å². The number of pyridine rings is 1. The zero-order chi connectivity index (χ0) is 27.1. The van der Waals surface area contributed by atoms with E-state index < -0.39 is 12.2 Å². The van der Waals surface area contributed by atoms with Crippen LogP contribution in [-0.4, -0.2) is 52.9 Å². The number of hydrogen-bond donors (Lipinski definition) is 4. The minimum absolute atomic E-state index is 0. The molecule has 9 nitrogen and oxygen atoms in total. The van der Waals surface area contributed by atoms with Gasteiger partial charge in [0.2, 0.25) is 0 Å². The monoisotopic (exact) mass is 560 g/mol. The molecular formula is C27H30F2N4O5S. The summed E-state index contributed by atoms with van der Waals surface area (Å²) in [6.45, 7) is 0.132. The second kappa shape index (κ2) is 13.3. The van der Waals surface area contributed by atoms with Gasteiger partial charge in [0.15, 0.2) is 11.5 Å². The molecule has 39 heavy (non-hydrogen) atoms. The minimum Gasteiger partial charge on any atom is -0.395 e. The molecule has 208 valence electrons. The number of aromatic nitrogens is 1. The van der Waals surface area contributed by atoms with Gasteiger partial charge >= 0.3 is 6.29 Å². The fourth-order valence-electron chi connectivity index (χ4n) is 3.69. The van der Waals surface area contributed by atoms with Crippen molar-refractivity contribution in [2.24, 2.45) is 0 Å². The lowest BCUT2D eigenvalue weighted by Crippen LogP contribution is -2.38. The van der Waals surface area contributed by atoms with Crippen molar-refractivity contribution in [2.75, 3.05) is 29.2 Å². The van der Waals surface area contributed by atoms with Crippen LogP contribution in [0, 0.1) is 0 Å². The van der Waals surface area contributed by atoms with Gasteiger partial charge in [-0.05, 0) is 60.4 Å². The van der Waals surface area contributed by atoms with Crippen molar-refractivity contribution in [3.05, 3.63) is 77.6 Å². The number of ether oxygens (including phenoxy) is 2. The van der Waals surface area contributed by atoms with Crippen LogP contribution < -0.4 is 25.4 Å². The quantitative estimate of drug-likeness (QED) is 0.265. The molecule has 4 N–H and O–H groups in total. The number of para-hydroxylation sites is 1. The summed E-state index contributed by atoms with van der Waals surface area (Å²) < 4.78 is 35.4. The Morgan fingerprint density at radius 2 is 1.85 bits per heavy atom. The normalized spacial score (nSPS) is 13.6. The number of anilines is 2. The number of nitrogens with one attached hydrogen (secondary N) is 3. The number of carbonyl (C=O) groups excluding carboxylic acids is 2. The van der Waals surface area contributed by atoms with E-state index in [-0.39, 0.29) is 48.9 Å². The van der Waals surface area contributed by atoms with E-state index in [0.717, 1.165) is 11.3 Å². The predicted molar refractivity (Wildman–Crippen MR) is 147 cm³/mol. The molecule has 2 amide bonds. The summed E-state index contributed by atoms with van der Waals surface area (Å²) in [4.78, 5) is 29.7. The van der Waals surface area contributed by atoms with Gasteiger partial charge in [-0.25, -0.2) is 0 Å². The predicted octanol–water partition coefficient (Wildman–Crippen LogP) is 4.75. The summed E-state index contributed by atoms with van der Waals surface area (Å²) in [5.74, 6) is -0.332. The third kappa shape index (κ3) is 7.80. The van der Waals surface area contributed by atoms with Crippen LogP contribution in [0.3, 0.4) is 0 Å². The highest BCUT2D eigenvalue weighted by atomic mass is 32.2. The number of halogens is 2.